The van der Waals surface area contributed by atoms with Crippen LogP contribution in [0.3, 0.4) is 0 Å². The third kappa shape index (κ3) is 3.16. The number of hydrogen-bond donors (Lipinski definition) is 0. The lowest BCUT2D eigenvalue weighted by atomic mass is 10.1. The molecule has 0 aromatic heterocycles. The Kier molecular flexibility index (Phi) is 4.03. The Balaban J connectivity index is 2.76. The maximum Gasteiger partial charge on any atom is 0.324 e. The molecule has 0 radical (unpaired) electrons. The van der Waals surface area contributed by atoms with Crippen LogP contribution in [0, 0.1) is 11.6 Å². The molecule has 0 aliphatic carbocycles. The van der Waals surface area contributed by atoms with E-state index in [1.54, 1.807) is 0 Å². The van der Waals surface area contributed by atoms with E-state index in [4.69, 9.17) is 11.6 Å². The van der Waals surface area contributed by atoms with Gasteiger partial charge in [0.25, 0.3) is 0 Å². The fraction of sp³-hybridized carbons (Fsp3) is 0.300. The number of ether oxygens (including phenoxy) is 1. The van der Waals surface area contributed by atoms with E-state index in [1.165, 1.54) is 13.2 Å². The highest BCUT2D eigenvalue weighted by Gasteiger charge is 2.18. The minimum Gasteiger partial charge on any atom is -0.468 e. The van der Waals surface area contributed by atoms with Gasteiger partial charge in [0.1, 0.15) is 17.0 Å². The molecule has 1 rings (SSSR count). The Morgan fingerprint density at radius 1 is 1.53 bits per heavy atom. The quantitative estimate of drug-likeness (QED) is 0.593. The van der Waals surface area contributed by atoms with Crippen LogP contribution < -0.4 is 0 Å². The number of alkyl halides is 1. The fourth-order valence-corrected chi connectivity index (χ4v) is 1.35. The first-order valence-electron chi connectivity index (χ1n) is 4.20. The second-order valence-electron chi connectivity index (χ2n) is 2.93. The lowest BCUT2D eigenvalue weighted by Crippen LogP contribution is -2.19. The lowest BCUT2D eigenvalue weighted by Gasteiger charge is -2.07. The average molecular weight is 235 g/mol. The molecule has 0 aliphatic rings. The summed E-state index contributed by atoms with van der Waals surface area (Å²) in [5, 5.41) is -0.963. The van der Waals surface area contributed by atoms with Crippen molar-refractivity contribution in [3.05, 3.63) is 35.4 Å². The number of benzene rings is 1. The number of carbonyl (C=O) groups excluding carboxylic acids is 1. The van der Waals surface area contributed by atoms with Gasteiger partial charge in [-0.3, -0.25) is 4.79 Å². The van der Waals surface area contributed by atoms with Crippen LogP contribution in [0.25, 0.3) is 0 Å². The van der Waals surface area contributed by atoms with Gasteiger partial charge in [-0.25, -0.2) is 8.78 Å². The van der Waals surface area contributed by atoms with E-state index in [-0.39, 0.29) is 12.0 Å². The van der Waals surface area contributed by atoms with Crippen molar-refractivity contribution in [2.45, 2.75) is 11.8 Å². The predicted octanol–water partition coefficient (Wildman–Crippen LogP) is 2.29. The third-order valence-corrected chi connectivity index (χ3v) is 2.20. The second kappa shape index (κ2) is 5.07. The summed E-state index contributed by atoms with van der Waals surface area (Å²) in [5.41, 5.74) is 0.182. The van der Waals surface area contributed by atoms with Gasteiger partial charge in [-0.15, -0.1) is 11.6 Å². The summed E-state index contributed by atoms with van der Waals surface area (Å²) in [4.78, 5) is 10.9. The van der Waals surface area contributed by atoms with Crippen molar-refractivity contribution < 1.29 is 18.3 Å². The first kappa shape index (κ1) is 11.9. The molecule has 5 heteroatoms. The molecule has 0 amide bonds. The molecule has 0 N–H and O–H groups in total. The average Bonchev–Trinajstić information content (AvgIpc) is 2.20. The molecule has 15 heavy (non-hydrogen) atoms. The van der Waals surface area contributed by atoms with Crippen molar-refractivity contribution in [1.82, 2.24) is 0 Å². The highest BCUT2D eigenvalue weighted by atomic mass is 35.5. The Hall–Kier alpha value is -1.16. The first-order valence-corrected chi connectivity index (χ1v) is 4.64. The molecule has 0 saturated heterocycles. The van der Waals surface area contributed by atoms with Crippen molar-refractivity contribution in [2.75, 3.05) is 7.11 Å². The minimum atomic E-state index is -0.963. The number of esters is 1. The van der Waals surface area contributed by atoms with E-state index in [0.717, 1.165) is 12.1 Å². The SMILES string of the molecule is COC(=O)C(Cl)Cc1ccc(F)cc1F. The smallest absolute Gasteiger partial charge is 0.324 e. The second-order valence-corrected chi connectivity index (χ2v) is 3.46. The Bertz CT molecular complexity index is 368. The summed E-state index contributed by atoms with van der Waals surface area (Å²) in [6, 6.07) is 3.11. The van der Waals surface area contributed by atoms with Crippen LogP contribution in [0.5, 0.6) is 0 Å². The number of rotatable bonds is 3. The van der Waals surface area contributed by atoms with Crippen molar-refractivity contribution in [1.29, 1.82) is 0 Å². The van der Waals surface area contributed by atoms with Gasteiger partial charge in [0.15, 0.2) is 0 Å². The molecule has 0 fully saturated rings. The Morgan fingerprint density at radius 3 is 2.73 bits per heavy atom. The van der Waals surface area contributed by atoms with E-state index in [9.17, 15) is 13.6 Å². The molecule has 82 valence electrons. The maximum atomic E-state index is 13.1. The highest BCUT2D eigenvalue weighted by Crippen LogP contribution is 2.14. The van der Waals surface area contributed by atoms with Crippen LogP contribution in [-0.4, -0.2) is 18.5 Å². The molecule has 0 spiro atoms. The number of hydrogen-bond acceptors (Lipinski definition) is 2. The molecule has 2 nitrogen and oxygen atoms in total. The van der Waals surface area contributed by atoms with Crippen LogP contribution in [-0.2, 0) is 16.0 Å². The fourth-order valence-electron chi connectivity index (χ4n) is 1.09. The van der Waals surface area contributed by atoms with E-state index >= 15 is 0 Å². The van der Waals surface area contributed by atoms with Gasteiger partial charge in [-0.05, 0) is 11.6 Å². The summed E-state index contributed by atoms with van der Waals surface area (Å²) in [7, 11) is 1.19. The summed E-state index contributed by atoms with van der Waals surface area (Å²) in [6.45, 7) is 0. The first-order chi connectivity index (χ1) is 7.04. The Labute approximate surface area is 90.8 Å². The molecule has 1 aromatic carbocycles. The Morgan fingerprint density at radius 2 is 2.20 bits per heavy atom. The van der Waals surface area contributed by atoms with Gasteiger partial charge in [0, 0.05) is 12.5 Å². The third-order valence-electron chi connectivity index (χ3n) is 1.87. The summed E-state index contributed by atoms with van der Waals surface area (Å²) < 4.78 is 30.1. The van der Waals surface area contributed by atoms with Crippen LogP contribution in [0.1, 0.15) is 5.56 Å². The molecule has 0 aliphatic heterocycles. The zero-order valence-electron chi connectivity index (χ0n) is 7.97. The van der Waals surface area contributed by atoms with Crippen LogP contribution >= 0.6 is 11.6 Å². The number of halogens is 3. The predicted molar refractivity (Wildman–Crippen MR) is 51.7 cm³/mol. The summed E-state index contributed by atoms with van der Waals surface area (Å²) in [6.07, 6.45) is -0.0274. The number of carbonyl (C=O) groups is 1. The van der Waals surface area contributed by atoms with E-state index in [1.807, 2.05) is 0 Å². The van der Waals surface area contributed by atoms with E-state index in [2.05, 4.69) is 4.74 Å². The van der Waals surface area contributed by atoms with Crippen molar-refractivity contribution in [3.63, 3.8) is 0 Å². The minimum absolute atomic E-state index is 0.0274. The van der Waals surface area contributed by atoms with Gasteiger partial charge in [-0.1, -0.05) is 6.07 Å². The topological polar surface area (TPSA) is 26.3 Å². The zero-order chi connectivity index (χ0) is 11.4. The van der Waals surface area contributed by atoms with Gasteiger partial charge in [0.2, 0.25) is 0 Å². The maximum absolute atomic E-state index is 13.1. The van der Waals surface area contributed by atoms with E-state index in [0.29, 0.717) is 0 Å². The molecule has 1 atom stereocenters. The van der Waals surface area contributed by atoms with Crippen LogP contribution in [0.15, 0.2) is 18.2 Å². The van der Waals surface area contributed by atoms with Crippen molar-refractivity contribution >= 4 is 17.6 Å². The van der Waals surface area contributed by atoms with Gasteiger partial charge < -0.3 is 4.74 Å². The van der Waals surface area contributed by atoms with Crippen LogP contribution in [0.4, 0.5) is 8.78 Å². The van der Waals surface area contributed by atoms with Crippen molar-refractivity contribution in [2.24, 2.45) is 0 Å². The summed E-state index contributed by atoms with van der Waals surface area (Å²) in [5.74, 6) is -2.02. The highest BCUT2D eigenvalue weighted by molar-refractivity contribution is 6.30. The number of methoxy groups -OCH3 is 1. The molecular weight excluding hydrogens is 226 g/mol. The summed E-state index contributed by atoms with van der Waals surface area (Å²) >= 11 is 5.64. The molecular formula is C10H9ClF2O2. The molecule has 0 saturated carbocycles. The lowest BCUT2D eigenvalue weighted by molar-refractivity contribution is -0.140. The molecule has 1 unspecified atom stereocenters. The monoisotopic (exact) mass is 234 g/mol. The van der Waals surface area contributed by atoms with E-state index < -0.39 is 23.0 Å². The van der Waals surface area contributed by atoms with Crippen molar-refractivity contribution in [3.8, 4) is 0 Å². The van der Waals surface area contributed by atoms with Gasteiger partial charge in [-0.2, -0.15) is 0 Å². The zero-order valence-corrected chi connectivity index (χ0v) is 8.72. The molecule has 0 heterocycles. The van der Waals surface area contributed by atoms with Gasteiger partial charge >= 0.3 is 5.97 Å². The molecule has 0 bridgehead atoms. The standard InChI is InChI=1S/C10H9ClF2O2/c1-15-10(14)8(11)4-6-2-3-7(12)5-9(6)13/h2-3,5,8H,4H2,1H3. The largest absolute Gasteiger partial charge is 0.468 e. The molecule has 1 aromatic rings. The normalized spacial score (nSPS) is 12.3. The van der Waals surface area contributed by atoms with Gasteiger partial charge in [0.05, 0.1) is 7.11 Å². The van der Waals surface area contributed by atoms with Crippen LogP contribution in [0.2, 0.25) is 0 Å².